The Labute approximate surface area is 172 Å². The van der Waals surface area contributed by atoms with Crippen molar-refractivity contribution in [2.24, 2.45) is 0 Å². The van der Waals surface area contributed by atoms with E-state index in [4.69, 9.17) is 9.15 Å². The van der Waals surface area contributed by atoms with Crippen LogP contribution in [0.4, 0.5) is 0 Å². The van der Waals surface area contributed by atoms with Crippen molar-refractivity contribution in [2.45, 2.75) is 17.5 Å². The molecule has 6 nitrogen and oxygen atoms in total. The number of thioether (sulfide) groups is 1. The van der Waals surface area contributed by atoms with Crippen molar-refractivity contribution in [1.29, 1.82) is 0 Å². The van der Waals surface area contributed by atoms with Crippen molar-refractivity contribution in [3.8, 4) is 11.6 Å². The highest BCUT2D eigenvalue weighted by Crippen LogP contribution is 2.27. The molecule has 0 atom stereocenters. The van der Waals surface area contributed by atoms with Gasteiger partial charge in [0, 0.05) is 5.75 Å². The Morgan fingerprint density at radius 1 is 1.00 bits per heavy atom. The van der Waals surface area contributed by atoms with E-state index in [1.165, 1.54) is 7.11 Å². The van der Waals surface area contributed by atoms with Crippen LogP contribution in [-0.2, 0) is 17.0 Å². The van der Waals surface area contributed by atoms with Gasteiger partial charge in [-0.2, -0.15) is 0 Å². The van der Waals surface area contributed by atoms with Gasteiger partial charge in [-0.05, 0) is 35.4 Å². The number of hydrogen-bond donors (Lipinski definition) is 0. The highest BCUT2D eigenvalue weighted by molar-refractivity contribution is 7.98. The molecule has 0 saturated heterocycles. The van der Waals surface area contributed by atoms with E-state index in [2.05, 4.69) is 26.9 Å². The number of esters is 1. The summed E-state index contributed by atoms with van der Waals surface area (Å²) in [4.78, 5) is 11.6. The number of benzene rings is 2. The Kier molecular flexibility index (Phi) is 5.76. The van der Waals surface area contributed by atoms with Gasteiger partial charge >= 0.3 is 5.97 Å². The highest BCUT2D eigenvalue weighted by Gasteiger charge is 2.17. The van der Waals surface area contributed by atoms with Crippen molar-refractivity contribution in [3.05, 3.63) is 89.7 Å². The number of rotatable bonds is 7. The Morgan fingerprint density at radius 3 is 2.48 bits per heavy atom. The van der Waals surface area contributed by atoms with Gasteiger partial charge in [0.15, 0.2) is 10.9 Å². The topological polar surface area (TPSA) is 70.2 Å². The lowest BCUT2D eigenvalue weighted by molar-refractivity contribution is 0.0600. The first-order chi connectivity index (χ1) is 14.2. The molecule has 0 amide bonds. The minimum Gasteiger partial charge on any atom is -0.465 e. The molecule has 2 heterocycles. The van der Waals surface area contributed by atoms with Gasteiger partial charge in [0.25, 0.3) is 0 Å². The van der Waals surface area contributed by atoms with E-state index >= 15 is 0 Å². The summed E-state index contributed by atoms with van der Waals surface area (Å²) in [6.45, 7) is 0.646. The van der Waals surface area contributed by atoms with Gasteiger partial charge in [0.2, 0.25) is 5.82 Å². The molecule has 2 aromatic heterocycles. The molecule has 146 valence electrons. The maximum absolute atomic E-state index is 11.6. The number of nitrogens with zero attached hydrogens (tertiary/aromatic N) is 3. The van der Waals surface area contributed by atoms with E-state index < -0.39 is 0 Å². The maximum Gasteiger partial charge on any atom is 0.337 e. The highest BCUT2D eigenvalue weighted by atomic mass is 32.2. The van der Waals surface area contributed by atoms with Gasteiger partial charge in [0.1, 0.15) is 0 Å². The summed E-state index contributed by atoms with van der Waals surface area (Å²) in [5.41, 5.74) is 2.77. The summed E-state index contributed by atoms with van der Waals surface area (Å²) in [5.74, 6) is 1.74. The number of methoxy groups -OCH3 is 1. The van der Waals surface area contributed by atoms with Crippen LogP contribution in [0.5, 0.6) is 0 Å². The van der Waals surface area contributed by atoms with Crippen LogP contribution in [0.3, 0.4) is 0 Å². The quantitative estimate of drug-likeness (QED) is 0.329. The van der Waals surface area contributed by atoms with Gasteiger partial charge in [-0.15, -0.1) is 10.2 Å². The molecule has 0 N–H and O–H groups in total. The minimum atomic E-state index is -0.338. The molecule has 0 aliphatic heterocycles. The molecule has 0 radical (unpaired) electrons. The van der Waals surface area contributed by atoms with Crippen LogP contribution < -0.4 is 0 Å². The molecule has 0 aliphatic carbocycles. The van der Waals surface area contributed by atoms with Gasteiger partial charge < -0.3 is 9.15 Å². The number of furan rings is 1. The van der Waals surface area contributed by atoms with Gasteiger partial charge in [-0.1, -0.05) is 54.2 Å². The first kappa shape index (κ1) is 19.0. The second kappa shape index (κ2) is 8.79. The Bertz CT molecular complexity index is 1070. The van der Waals surface area contributed by atoms with E-state index in [-0.39, 0.29) is 5.97 Å². The number of carbonyl (C=O) groups excluding carboxylic acids is 1. The number of ether oxygens (including phenoxy) is 1. The van der Waals surface area contributed by atoms with Crippen molar-refractivity contribution < 1.29 is 13.9 Å². The van der Waals surface area contributed by atoms with Crippen molar-refractivity contribution in [3.63, 3.8) is 0 Å². The summed E-state index contributed by atoms with van der Waals surface area (Å²) < 4.78 is 12.3. The molecule has 0 bridgehead atoms. The first-order valence-corrected chi connectivity index (χ1v) is 10.0. The van der Waals surface area contributed by atoms with Crippen molar-refractivity contribution >= 4 is 17.7 Å². The monoisotopic (exact) mass is 405 g/mol. The van der Waals surface area contributed by atoms with Gasteiger partial charge in [0.05, 0.1) is 25.5 Å². The predicted octanol–water partition coefficient (Wildman–Crippen LogP) is 4.67. The zero-order chi connectivity index (χ0) is 20.1. The largest absolute Gasteiger partial charge is 0.465 e. The first-order valence-electron chi connectivity index (χ1n) is 9.05. The van der Waals surface area contributed by atoms with E-state index in [9.17, 15) is 4.79 Å². The van der Waals surface area contributed by atoms with Crippen molar-refractivity contribution in [1.82, 2.24) is 14.8 Å². The van der Waals surface area contributed by atoms with Crippen LogP contribution in [0, 0.1) is 0 Å². The van der Waals surface area contributed by atoms with Gasteiger partial charge in [-0.3, -0.25) is 4.57 Å². The summed E-state index contributed by atoms with van der Waals surface area (Å²) in [7, 11) is 1.38. The Hall–Kier alpha value is -3.32. The second-order valence-corrected chi connectivity index (χ2v) is 7.27. The lowest BCUT2D eigenvalue weighted by Gasteiger charge is -2.09. The summed E-state index contributed by atoms with van der Waals surface area (Å²) in [5, 5.41) is 9.54. The van der Waals surface area contributed by atoms with E-state index in [0.29, 0.717) is 29.4 Å². The third-order valence-electron chi connectivity index (χ3n) is 4.38. The molecule has 0 aliphatic rings. The number of carbonyl (C=O) groups is 1. The Morgan fingerprint density at radius 2 is 1.79 bits per heavy atom. The van der Waals surface area contributed by atoms with Crippen LogP contribution in [0.2, 0.25) is 0 Å². The fourth-order valence-electron chi connectivity index (χ4n) is 2.89. The molecule has 4 rings (SSSR count). The fourth-order valence-corrected chi connectivity index (χ4v) is 3.79. The fraction of sp³-hybridized carbons (Fsp3) is 0.136. The SMILES string of the molecule is COC(=O)c1ccc(CSc2nnc(-c3ccco3)n2Cc2ccccc2)cc1. The van der Waals surface area contributed by atoms with Crippen LogP contribution in [0.25, 0.3) is 11.6 Å². The van der Waals surface area contributed by atoms with Crippen LogP contribution in [0.15, 0.2) is 82.6 Å². The van der Waals surface area contributed by atoms with E-state index in [0.717, 1.165) is 16.3 Å². The summed E-state index contributed by atoms with van der Waals surface area (Å²) >= 11 is 1.59. The molecule has 0 spiro atoms. The van der Waals surface area contributed by atoms with Crippen LogP contribution in [-0.4, -0.2) is 27.8 Å². The lowest BCUT2D eigenvalue weighted by atomic mass is 10.1. The molecule has 0 saturated carbocycles. The smallest absolute Gasteiger partial charge is 0.337 e. The molecular weight excluding hydrogens is 386 g/mol. The zero-order valence-electron chi connectivity index (χ0n) is 15.8. The average Bonchev–Trinajstić information content (AvgIpc) is 3.43. The van der Waals surface area contributed by atoms with Crippen LogP contribution >= 0.6 is 11.8 Å². The number of aromatic nitrogens is 3. The second-order valence-electron chi connectivity index (χ2n) is 6.33. The van der Waals surface area contributed by atoms with E-state index in [1.807, 2.05) is 42.5 Å². The molecule has 0 unspecified atom stereocenters. The standard InChI is InChI=1S/C22H19N3O3S/c1-27-21(26)18-11-9-17(10-12-18)15-29-22-24-23-20(19-8-5-13-28-19)25(22)14-16-6-3-2-4-7-16/h2-13H,14-15H2,1H3. The van der Waals surface area contributed by atoms with E-state index in [1.54, 1.807) is 30.2 Å². The van der Waals surface area contributed by atoms with Crippen molar-refractivity contribution in [2.75, 3.05) is 7.11 Å². The average molecular weight is 405 g/mol. The third-order valence-corrected chi connectivity index (χ3v) is 5.42. The minimum absolute atomic E-state index is 0.338. The predicted molar refractivity (Wildman–Crippen MR) is 111 cm³/mol. The maximum atomic E-state index is 11.6. The number of hydrogen-bond acceptors (Lipinski definition) is 6. The van der Waals surface area contributed by atoms with Crippen LogP contribution in [0.1, 0.15) is 21.5 Å². The Balaban J connectivity index is 1.56. The molecule has 0 fully saturated rings. The molecular formula is C22H19N3O3S. The third kappa shape index (κ3) is 4.41. The normalized spacial score (nSPS) is 10.8. The zero-order valence-corrected chi connectivity index (χ0v) is 16.6. The summed E-state index contributed by atoms with van der Waals surface area (Å²) in [6, 6.07) is 21.3. The van der Waals surface area contributed by atoms with Gasteiger partial charge in [-0.25, -0.2) is 4.79 Å². The molecule has 2 aromatic carbocycles. The molecule has 29 heavy (non-hydrogen) atoms. The lowest BCUT2D eigenvalue weighted by Crippen LogP contribution is -2.04. The summed E-state index contributed by atoms with van der Waals surface area (Å²) in [6.07, 6.45) is 1.63. The molecule has 4 aromatic rings. The molecule has 7 heteroatoms.